The smallest absolute Gasteiger partial charge is 0.128 e. The molecule has 88 valence electrons. The Kier molecular flexibility index (Phi) is 3.62. The van der Waals surface area contributed by atoms with Crippen molar-refractivity contribution >= 4 is 15.9 Å². The molecular weight excluding hydrogens is 271 g/mol. The molecule has 1 aromatic carbocycles. The number of rotatable bonds is 3. The second kappa shape index (κ2) is 4.82. The maximum Gasteiger partial charge on any atom is 0.128 e. The van der Waals surface area contributed by atoms with Crippen LogP contribution >= 0.6 is 15.9 Å². The van der Waals surface area contributed by atoms with Gasteiger partial charge in [0.15, 0.2) is 0 Å². The molecule has 1 aliphatic rings. The summed E-state index contributed by atoms with van der Waals surface area (Å²) in [5, 5.41) is 3.23. The van der Waals surface area contributed by atoms with Crippen LogP contribution in [0, 0.1) is 5.82 Å². The SMILES string of the molecule is CC(c1cc(Br)ccc1F)N(C)C1CNC1. The van der Waals surface area contributed by atoms with Gasteiger partial charge >= 0.3 is 0 Å². The summed E-state index contributed by atoms with van der Waals surface area (Å²) in [5.41, 5.74) is 0.753. The molecule has 0 radical (unpaired) electrons. The van der Waals surface area contributed by atoms with E-state index in [1.807, 2.05) is 13.0 Å². The fourth-order valence-corrected chi connectivity index (χ4v) is 2.31. The van der Waals surface area contributed by atoms with E-state index in [1.54, 1.807) is 6.07 Å². The van der Waals surface area contributed by atoms with Crippen molar-refractivity contribution in [1.29, 1.82) is 0 Å². The van der Waals surface area contributed by atoms with Gasteiger partial charge in [-0.3, -0.25) is 4.90 Å². The highest BCUT2D eigenvalue weighted by atomic mass is 79.9. The zero-order valence-corrected chi connectivity index (χ0v) is 11.1. The van der Waals surface area contributed by atoms with E-state index in [-0.39, 0.29) is 11.9 Å². The Hall–Kier alpha value is -0.450. The van der Waals surface area contributed by atoms with E-state index >= 15 is 0 Å². The number of nitrogens with one attached hydrogen (secondary N) is 1. The molecule has 1 fully saturated rings. The van der Waals surface area contributed by atoms with Crippen LogP contribution in [0.15, 0.2) is 22.7 Å². The highest BCUT2D eigenvalue weighted by Crippen LogP contribution is 2.27. The molecule has 1 saturated heterocycles. The normalized spacial score (nSPS) is 18.6. The van der Waals surface area contributed by atoms with Gasteiger partial charge in [0, 0.05) is 35.2 Å². The van der Waals surface area contributed by atoms with Gasteiger partial charge in [0.05, 0.1) is 0 Å². The molecule has 1 atom stereocenters. The van der Waals surface area contributed by atoms with Crippen molar-refractivity contribution < 1.29 is 4.39 Å². The van der Waals surface area contributed by atoms with Gasteiger partial charge in [0.25, 0.3) is 0 Å². The number of hydrogen-bond donors (Lipinski definition) is 1. The highest BCUT2D eigenvalue weighted by Gasteiger charge is 2.27. The molecule has 0 bridgehead atoms. The van der Waals surface area contributed by atoms with Crippen LogP contribution in [0.1, 0.15) is 18.5 Å². The molecule has 1 aliphatic heterocycles. The molecule has 1 heterocycles. The van der Waals surface area contributed by atoms with E-state index in [2.05, 4.69) is 33.2 Å². The van der Waals surface area contributed by atoms with Gasteiger partial charge < -0.3 is 5.32 Å². The minimum atomic E-state index is -0.130. The molecule has 16 heavy (non-hydrogen) atoms. The third kappa shape index (κ3) is 2.29. The molecule has 2 nitrogen and oxygen atoms in total. The first-order valence-corrected chi connectivity index (χ1v) is 6.26. The number of nitrogens with zero attached hydrogens (tertiary/aromatic N) is 1. The van der Waals surface area contributed by atoms with E-state index < -0.39 is 0 Å². The fourth-order valence-electron chi connectivity index (χ4n) is 1.93. The number of likely N-dealkylation sites (N-methyl/N-ethyl adjacent to an activating group) is 1. The summed E-state index contributed by atoms with van der Waals surface area (Å²) in [6, 6.07) is 5.74. The predicted octanol–water partition coefficient (Wildman–Crippen LogP) is 2.55. The lowest BCUT2D eigenvalue weighted by atomic mass is 10.0. The lowest BCUT2D eigenvalue weighted by Crippen LogP contribution is -2.56. The van der Waals surface area contributed by atoms with Crippen molar-refractivity contribution in [3.8, 4) is 0 Å². The third-order valence-corrected chi connectivity index (χ3v) is 3.85. The van der Waals surface area contributed by atoms with Gasteiger partial charge in [-0.05, 0) is 32.2 Å². The molecular formula is C12H16BrFN2. The van der Waals surface area contributed by atoms with Gasteiger partial charge in [-0.15, -0.1) is 0 Å². The number of hydrogen-bond acceptors (Lipinski definition) is 2. The number of halogens is 2. The van der Waals surface area contributed by atoms with Gasteiger partial charge in [-0.1, -0.05) is 15.9 Å². The maximum atomic E-state index is 13.7. The molecule has 1 N–H and O–H groups in total. The van der Waals surface area contributed by atoms with Gasteiger partial charge in [0.2, 0.25) is 0 Å². The molecule has 1 aromatic rings. The molecule has 0 aliphatic carbocycles. The van der Waals surface area contributed by atoms with Gasteiger partial charge in [0.1, 0.15) is 5.82 Å². The maximum absolute atomic E-state index is 13.7. The minimum absolute atomic E-state index is 0.101. The molecule has 0 spiro atoms. The Morgan fingerprint density at radius 2 is 2.19 bits per heavy atom. The molecule has 1 unspecified atom stereocenters. The monoisotopic (exact) mass is 286 g/mol. The summed E-state index contributed by atoms with van der Waals surface area (Å²) in [4.78, 5) is 2.22. The lowest BCUT2D eigenvalue weighted by molar-refractivity contribution is 0.134. The molecule has 0 saturated carbocycles. The zero-order valence-electron chi connectivity index (χ0n) is 9.50. The van der Waals surface area contributed by atoms with E-state index in [0.717, 1.165) is 23.1 Å². The van der Waals surface area contributed by atoms with Crippen LogP contribution in [0.25, 0.3) is 0 Å². The average Bonchev–Trinajstić information content (AvgIpc) is 2.18. The Labute approximate surface area is 104 Å². The Morgan fingerprint density at radius 1 is 1.50 bits per heavy atom. The van der Waals surface area contributed by atoms with Crippen molar-refractivity contribution in [2.45, 2.75) is 19.0 Å². The van der Waals surface area contributed by atoms with Crippen LogP contribution in [0.2, 0.25) is 0 Å². The van der Waals surface area contributed by atoms with Crippen LogP contribution in [0.4, 0.5) is 4.39 Å². The fraction of sp³-hybridized carbons (Fsp3) is 0.500. The lowest BCUT2D eigenvalue weighted by Gasteiger charge is -2.39. The minimum Gasteiger partial charge on any atom is -0.314 e. The first kappa shape index (κ1) is 12.0. The van der Waals surface area contributed by atoms with Crippen molar-refractivity contribution in [2.24, 2.45) is 0 Å². The van der Waals surface area contributed by atoms with Crippen LogP contribution < -0.4 is 5.32 Å². The summed E-state index contributed by atoms with van der Waals surface area (Å²) in [6.07, 6.45) is 0. The van der Waals surface area contributed by atoms with Crippen molar-refractivity contribution in [3.63, 3.8) is 0 Å². The second-order valence-corrected chi connectivity index (χ2v) is 5.24. The quantitative estimate of drug-likeness (QED) is 0.919. The standard InChI is InChI=1S/C12H16BrFN2/c1-8(16(2)10-6-15-7-10)11-5-9(13)3-4-12(11)14/h3-5,8,10,15H,6-7H2,1-2H3. The summed E-state index contributed by atoms with van der Waals surface area (Å²) in [7, 11) is 2.05. The Balaban J connectivity index is 2.18. The second-order valence-electron chi connectivity index (χ2n) is 4.32. The Bertz CT molecular complexity index is 379. The van der Waals surface area contributed by atoms with Gasteiger partial charge in [-0.2, -0.15) is 0 Å². The molecule has 4 heteroatoms. The summed E-state index contributed by atoms with van der Waals surface area (Å²) < 4.78 is 14.6. The molecule has 0 amide bonds. The Morgan fingerprint density at radius 3 is 2.75 bits per heavy atom. The van der Waals surface area contributed by atoms with E-state index in [0.29, 0.717) is 6.04 Å². The van der Waals surface area contributed by atoms with Crippen molar-refractivity contribution in [2.75, 3.05) is 20.1 Å². The van der Waals surface area contributed by atoms with E-state index in [4.69, 9.17) is 0 Å². The average molecular weight is 287 g/mol. The van der Waals surface area contributed by atoms with E-state index in [1.165, 1.54) is 6.07 Å². The van der Waals surface area contributed by atoms with Crippen LogP contribution in [-0.4, -0.2) is 31.1 Å². The summed E-state index contributed by atoms with van der Waals surface area (Å²) >= 11 is 3.38. The van der Waals surface area contributed by atoms with Crippen LogP contribution in [0.5, 0.6) is 0 Å². The largest absolute Gasteiger partial charge is 0.314 e. The van der Waals surface area contributed by atoms with Gasteiger partial charge in [-0.25, -0.2) is 4.39 Å². The zero-order chi connectivity index (χ0) is 11.7. The predicted molar refractivity (Wildman–Crippen MR) is 66.9 cm³/mol. The van der Waals surface area contributed by atoms with Crippen LogP contribution in [-0.2, 0) is 0 Å². The molecule has 0 aromatic heterocycles. The summed E-state index contributed by atoms with van der Waals surface area (Å²) in [5.74, 6) is -0.130. The highest BCUT2D eigenvalue weighted by molar-refractivity contribution is 9.10. The first-order chi connectivity index (χ1) is 7.59. The van der Waals surface area contributed by atoms with Crippen LogP contribution in [0.3, 0.4) is 0 Å². The van der Waals surface area contributed by atoms with Crippen molar-refractivity contribution in [3.05, 3.63) is 34.1 Å². The first-order valence-electron chi connectivity index (χ1n) is 5.47. The topological polar surface area (TPSA) is 15.3 Å². The molecule has 2 rings (SSSR count). The number of benzene rings is 1. The van der Waals surface area contributed by atoms with Crippen molar-refractivity contribution in [1.82, 2.24) is 10.2 Å². The summed E-state index contributed by atoms with van der Waals surface area (Å²) in [6.45, 7) is 4.04. The van der Waals surface area contributed by atoms with E-state index in [9.17, 15) is 4.39 Å². The third-order valence-electron chi connectivity index (χ3n) is 3.35.